The number of anilines is 1. The van der Waals surface area contributed by atoms with Gasteiger partial charge in [-0.05, 0) is 69.4 Å². The molecule has 0 radical (unpaired) electrons. The Kier molecular flexibility index (Phi) is 8.69. The van der Waals surface area contributed by atoms with Gasteiger partial charge in [0.15, 0.2) is 5.11 Å². The van der Waals surface area contributed by atoms with Gasteiger partial charge in [-0.1, -0.05) is 17.7 Å². The maximum absolute atomic E-state index is 13.2. The van der Waals surface area contributed by atoms with Gasteiger partial charge in [-0.25, -0.2) is 4.68 Å². The van der Waals surface area contributed by atoms with Gasteiger partial charge in [-0.2, -0.15) is 8.42 Å². The highest BCUT2D eigenvalue weighted by Gasteiger charge is 2.44. The van der Waals surface area contributed by atoms with Crippen molar-refractivity contribution in [3.63, 3.8) is 0 Å². The van der Waals surface area contributed by atoms with Crippen LogP contribution in [0.25, 0.3) is 0 Å². The summed E-state index contributed by atoms with van der Waals surface area (Å²) in [6.07, 6.45) is -0.189. The second kappa shape index (κ2) is 12.0. The number of likely N-dealkylation sites (N-methyl/N-ethyl adjacent to an activating group) is 1. The molecule has 40 heavy (non-hydrogen) atoms. The first kappa shape index (κ1) is 29.0. The number of carbonyl (C=O) groups is 2. The number of nitrogens with zero attached hydrogens (tertiary/aromatic N) is 5. The average molecular weight is 587 g/mol. The van der Waals surface area contributed by atoms with Gasteiger partial charge in [-0.15, -0.1) is 4.40 Å². The van der Waals surface area contributed by atoms with Crippen molar-refractivity contribution in [1.82, 2.24) is 15.1 Å². The molecule has 1 unspecified atom stereocenters. The fourth-order valence-corrected chi connectivity index (χ4v) is 5.52. The highest BCUT2D eigenvalue weighted by molar-refractivity contribution is 7.90. The number of carbonyl (C=O) groups excluding carboxylic acids is 2. The van der Waals surface area contributed by atoms with Crippen LogP contribution in [0.1, 0.15) is 31.5 Å². The third-order valence-electron chi connectivity index (χ3n) is 6.28. The number of nitrogens with one attached hydrogen (secondary N) is 1. The van der Waals surface area contributed by atoms with Gasteiger partial charge in [0.2, 0.25) is 5.91 Å². The molecule has 0 bridgehead atoms. The molecule has 12 nitrogen and oxygen atoms in total. The van der Waals surface area contributed by atoms with Crippen LogP contribution in [0, 0.1) is 6.92 Å². The van der Waals surface area contributed by atoms with E-state index in [1.807, 2.05) is 13.8 Å². The number of thiocarbonyl (C=S) groups is 1. The zero-order valence-corrected chi connectivity index (χ0v) is 24.2. The number of hydrogen-bond acceptors (Lipinski definition) is 7. The Bertz CT molecular complexity index is 1580. The van der Waals surface area contributed by atoms with E-state index < -0.39 is 22.0 Å². The monoisotopic (exact) mass is 586 g/mol. The second-order valence-corrected chi connectivity index (χ2v) is 11.0. The molecule has 1 N–H and O–H groups in total. The Labute approximate surface area is 237 Å². The molecule has 3 aromatic rings. The van der Waals surface area contributed by atoms with Gasteiger partial charge in [-0.3, -0.25) is 19.8 Å². The van der Waals surface area contributed by atoms with Gasteiger partial charge in [0.25, 0.3) is 27.2 Å². The molecule has 14 heteroatoms. The molecule has 1 aliphatic rings. The van der Waals surface area contributed by atoms with E-state index >= 15 is 0 Å². The van der Waals surface area contributed by atoms with Crippen molar-refractivity contribution in [2.45, 2.75) is 44.7 Å². The zero-order chi connectivity index (χ0) is 29.0. The third kappa shape index (κ3) is 6.23. The minimum absolute atomic E-state index is 0.00373. The highest BCUT2D eigenvalue weighted by Crippen LogP contribution is 2.23. The molecule has 1 atom stereocenters. The number of rotatable bonds is 10. The van der Waals surface area contributed by atoms with Crippen LogP contribution in [0.3, 0.4) is 0 Å². The van der Waals surface area contributed by atoms with E-state index in [0.29, 0.717) is 24.6 Å². The van der Waals surface area contributed by atoms with E-state index in [4.69, 9.17) is 21.5 Å². The largest absolute Gasteiger partial charge is 0.494 e. The maximum atomic E-state index is 13.2. The number of hydrogen-bond donors (Lipinski definition) is 1. The Hall–Kier alpha value is -4.04. The van der Waals surface area contributed by atoms with Crippen LogP contribution in [0.2, 0.25) is 0 Å². The first-order chi connectivity index (χ1) is 19.0. The van der Waals surface area contributed by atoms with Gasteiger partial charge < -0.3 is 19.5 Å². The number of benzene rings is 2. The topological polar surface area (TPSA) is 140 Å². The van der Waals surface area contributed by atoms with Gasteiger partial charge >= 0.3 is 0 Å². The predicted octanol–water partition coefficient (Wildman–Crippen LogP) is 1.40. The lowest BCUT2D eigenvalue weighted by atomic mass is 10.1. The third-order valence-corrected chi connectivity index (χ3v) is 8.01. The average Bonchev–Trinajstić information content (AvgIpc) is 3.36. The SMILES string of the molecule is CCOc1ccc(NC(=O)CC2C(=O)N(CC)C(=S)N2Cc2/c(=N/S(=O)(=O)c3ccc(C)cc3)o[n-][n+]2C)cc1. The fraction of sp³-hybridized carbons (Fsp3) is 0.346. The molecule has 1 aliphatic heterocycles. The molecule has 2 aromatic carbocycles. The van der Waals surface area contributed by atoms with Crippen molar-refractivity contribution < 1.29 is 31.9 Å². The zero-order valence-electron chi connectivity index (χ0n) is 22.5. The molecule has 1 aromatic heterocycles. The lowest BCUT2D eigenvalue weighted by Crippen LogP contribution is -2.45. The van der Waals surface area contributed by atoms with Crippen LogP contribution >= 0.6 is 12.2 Å². The molecular formula is C26H30N6O6S2. The van der Waals surface area contributed by atoms with Crippen LogP contribution in [-0.2, 0) is 33.2 Å². The van der Waals surface area contributed by atoms with Crippen molar-refractivity contribution in [2.75, 3.05) is 18.5 Å². The predicted molar refractivity (Wildman–Crippen MR) is 147 cm³/mol. The maximum Gasteiger partial charge on any atom is 0.289 e. The van der Waals surface area contributed by atoms with E-state index in [-0.39, 0.29) is 40.1 Å². The van der Waals surface area contributed by atoms with Crippen molar-refractivity contribution >= 4 is 44.9 Å². The normalized spacial score (nSPS) is 16.1. The van der Waals surface area contributed by atoms with E-state index in [9.17, 15) is 18.0 Å². The number of aromatic nitrogens is 2. The summed E-state index contributed by atoms with van der Waals surface area (Å²) in [7, 11) is -2.55. The van der Waals surface area contributed by atoms with Gasteiger partial charge in [0.1, 0.15) is 25.4 Å². The van der Waals surface area contributed by atoms with E-state index in [0.717, 1.165) is 5.56 Å². The first-order valence-corrected chi connectivity index (χ1v) is 14.4. The Morgan fingerprint density at radius 2 is 1.85 bits per heavy atom. The Morgan fingerprint density at radius 3 is 2.48 bits per heavy atom. The van der Waals surface area contributed by atoms with Crippen LogP contribution in [0.15, 0.2) is 62.3 Å². The molecule has 0 aliphatic carbocycles. The minimum atomic E-state index is -4.11. The molecule has 212 valence electrons. The number of sulfonamides is 1. The second-order valence-electron chi connectivity index (χ2n) is 9.05. The summed E-state index contributed by atoms with van der Waals surface area (Å²) in [6, 6.07) is 12.2. The summed E-state index contributed by atoms with van der Waals surface area (Å²) in [4.78, 5) is 29.2. The van der Waals surface area contributed by atoms with Crippen molar-refractivity contribution in [2.24, 2.45) is 11.4 Å². The number of ether oxygens (including phenoxy) is 1. The molecule has 1 fully saturated rings. The summed E-state index contributed by atoms with van der Waals surface area (Å²) >= 11 is 5.57. The smallest absolute Gasteiger partial charge is 0.289 e. The molecule has 0 spiro atoms. The summed E-state index contributed by atoms with van der Waals surface area (Å²) in [5.74, 6) is -0.0529. The fourth-order valence-electron chi connectivity index (χ4n) is 4.16. The molecule has 1 saturated heterocycles. The molecule has 4 rings (SSSR count). The van der Waals surface area contributed by atoms with E-state index in [1.54, 1.807) is 55.3 Å². The molecule has 0 saturated carbocycles. The Morgan fingerprint density at radius 1 is 1.18 bits per heavy atom. The molecule has 2 amide bonds. The number of amides is 2. The van der Waals surface area contributed by atoms with E-state index in [2.05, 4.69) is 15.0 Å². The van der Waals surface area contributed by atoms with Crippen molar-refractivity contribution in [3.8, 4) is 5.75 Å². The van der Waals surface area contributed by atoms with Gasteiger partial charge in [0, 0.05) is 12.2 Å². The van der Waals surface area contributed by atoms with Crippen molar-refractivity contribution in [3.05, 3.63) is 65.3 Å². The van der Waals surface area contributed by atoms with Crippen LogP contribution in [0.4, 0.5) is 5.69 Å². The molecular weight excluding hydrogens is 556 g/mol. The summed E-state index contributed by atoms with van der Waals surface area (Å²) in [6.45, 7) is 6.26. The van der Waals surface area contributed by atoms with Crippen molar-refractivity contribution in [1.29, 1.82) is 0 Å². The lowest BCUT2D eigenvalue weighted by Gasteiger charge is -2.22. The quantitative estimate of drug-likeness (QED) is 0.276. The lowest BCUT2D eigenvalue weighted by molar-refractivity contribution is -0.752. The van der Waals surface area contributed by atoms with Crippen LogP contribution in [-0.4, -0.2) is 54.3 Å². The highest BCUT2D eigenvalue weighted by atomic mass is 32.2. The van der Waals surface area contributed by atoms with Gasteiger partial charge in [0.05, 0.1) is 17.9 Å². The summed E-state index contributed by atoms with van der Waals surface area (Å²) < 4.78 is 41.7. The first-order valence-electron chi connectivity index (χ1n) is 12.6. The van der Waals surface area contributed by atoms with Crippen LogP contribution in [0.5, 0.6) is 5.75 Å². The van der Waals surface area contributed by atoms with Crippen LogP contribution < -0.4 is 25.6 Å². The minimum Gasteiger partial charge on any atom is -0.494 e. The number of aryl methyl sites for hydroxylation is 2. The summed E-state index contributed by atoms with van der Waals surface area (Å²) in [5, 5.41) is 6.82. The summed E-state index contributed by atoms with van der Waals surface area (Å²) in [5.41, 5.74) is 1.47. The standard InChI is InChI=1S/C26H30N6O6S2/c1-5-31-25(34)21(15-23(33)27-18-9-11-19(12-10-18)37-6-2)32(26(31)39)16-22-24(38-29-30(22)4)28-40(35,36)20-13-7-17(3)8-14-20/h7-14,21H,5-6,15-16H2,1-4H3,(H,27,33)/b28-24-. The Balaban J connectivity index is 1.59. The molecule has 2 heterocycles. The van der Waals surface area contributed by atoms with E-state index in [1.165, 1.54) is 21.7 Å².